The van der Waals surface area contributed by atoms with Crippen molar-refractivity contribution < 1.29 is 9.53 Å². The summed E-state index contributed by atoms with van der Waals surface area (Å²) in [4.78, 5) is 13.0. The monoisotopic (exact) mass is 169 g/mol. The highest BCUT2D eigenvalue weighted by Gasteiger charge is 2.28. The van der Waals surface area contributed by atoms with Gasteiger partial charge in [0.05, 0.1) is 12.2 Å². The molecule has 0 aliphatic carbocycles. The quantitative estimate of drug-likeness (QED) is 0.544. The number of carbonyl (C=O) groups is 1. The fraction of sp³-hybridized carbons (Fsp3) is 0.667. The molecule has 0 bridgehead atoms. The van der Waals surface area contributed by atoms with Crippen LogP contribution in [-0.2, 0) is 9.53 Å². The van der Waals surface area contributed by atoms with Gasteiger partial charge in [0.1, 0.15) is 0 Å². The van der Waals surface area contributed by atoms with Gasteiger partial charge < -0.3 is 9.64 Å². The molecule has 0 spiro atoms. The van der Waals surface area contributed by atoms with Crippen molar-refractivity contribution in [3.63, 3.8) is 0 Å². The maximum Gasteiger partial charge on any atom is 0.246 e. The molecule has 1 heterocycles. The van der Waals surface area contributed by atoms with Gasteiger partial charge in [-0.2, -0.15) is 0 Å². The Balaban J connectivity index is 2.57. The van der Waals surface area contributed by atoms with Crippen molar-refractivity contribution in [1.29, 1.82) is 0 Å². The molecular formula is C9H15NO2. The minimum absolute atomic E-state index is 0.00799. The van der Waals surface area contributed by atoms with Gasteiger partial charge in [-0.3, -0.25) is 4.79 Å². The maximum atomic E-state index is 11.2. The molecule has 1 rings (SSSR count). The van der Waals surface area contributed by atoms with Gasteiger partial charge >= 0.3 is 0 Å². The minimum atomic E-state index is -0.211. The summed E-state index contributed by atoms with van der Waals surface area (Å²) >= 11 is 0. The maximum absolute atomic E-state index is 11.2. The molecule has 1 saturated heterocycles. The molecule has 1 aliphatic rings. The normalized spacial score (nSPS) is 22.0. The Labute approximate surface area is 73.0 Å². The zero-order valence-electron chi connectivity index (χ0n) is 7.67. The van der Waals surface area contributed by atoms with Crippen LogP contribution in [0.3, 0.4) is 0 Å². The van der Waals surface area contributed by atoms with Crippen LogP contribution in [0, 0.1) is 0 Å². The lowest BCUT2D eigenvalue weighted by Gasteiger charge is -2.37. The number of nitrogens with zero attached hydrogens (tertiary/aromatic N) is 1. The number of amides is 1. The lowest BCUT2D eigenvalue weighted by atomic mass is 10.1. The molecule has 12 heavy (non-hydrogen) atoms. The van der Waals surface area contributed by atoms with E-state index in [1.807, 2.05) is 13.8 Å². The van der Waals surface area contributed by atoms with Gasteiger partial charge in [0.25, 0.3) is 0 Å². The molecule has 1 fully saturated rings. The molecule has 0 atom stereocenters. The second kappa shape index (κ2) is 3.27. The molecule has 0 N–H and O–H groups in total. The van der Waals surface area contributed by atoms with Gasteiger partial charge in [-0.05, 0) is 19.9 Å². The fourth-order valence-corrected chi connectivity index (χ4v) is 1.33. The predicted molar refractivity (Wildman–Crippen MR) is 46.8 cm³/mol. The summed E-state index contributed by atoms with van der Waals surface area (Å²) in [6, 6.07) is 0. The Morgan fingerprint density at radius 1 is 1.67 bits per heavy atom. The number of rotatable bonds is 1. The standard InChI is InChI=1S/C9H15NO2/c1-4-8(11)10-5-6-12-9(2,3)7-10/h4H,1,5-7H2,2-3H3. The largest absolute Gasteiger partial charge is 0.372 e. The van der Waals surface area contributed by atoms with E-state index >= 15 is 0 Å². The first-order valence-electron chi connectivity index (χ1n) is 4.10. The molecule has 0 aromatic heterocycles. The van der Waals surface area contributed by atoms with Crippen LogP contribution in [0.1, 0.15) is 13.8 Å². The first-order chi connectivity index (χ1) is 5.55. The molecule has 0 aromatic rings. The van der Waals surface area contributed by atoms with E-state index in [9.17, 15) is 4.79 Å². The Bertz CT molecular complexity index is 199. The predicted octanol–water partition coefficient (Wildman–Crippen LogP) is 0.810. The van der Waals surface area contributed by atoms with E-state index < -0.39 is 0 Å². The second-order valence-corrected chi connectivity index (χ2v) is 3.57. The van der Waals surface area contributed by atoms with Gasteiger partial charge in [-0.25, -0.2) is 0 Å². The van der Waals surface area contributed by atoms with Crippen LogP contribution in [0.5, 0.6) is 0 Å². The summed E-state index contributed by atoms with van der Waals surface area (Å²) in [5.41, 5.74) is -0.211. The summed E-state index contributed by atoms with van der Waals surface area (Å²) in [6.07, 6.45) is 1.35. The van der Waals surface area contributed by atoms with Crippen molar-refractivity contribution in [3.8, 4) is 0 Å². The summed E-state index contributed by atoms with van der Waals surface area (Å²) in [6.45, 7) is 9.36. The summed E-state index contributed by atoms with van der Waals surface area (Å²) in [7, 11) is 0. The molecule has 1 aliphatic heterocycles. The Morgan fingerprint density at radius 2 is 2.33 bits per heavy atom. The lowest BCUT2D eigenvalue weighted by Crippen LogP contribution is -2.50. The Morgan fingerprint density at radius 3 is 2.83 bits per heavy atom. The number of ether oxygens (including phenoxy) is 1. The molecule has 0 radical (unpaired) electrons. The molecule has 3 heteroatoms. The number of hydrogen-bond acceptors (Lipinski definition) is 2. The zero-order valence-corrected chi connectivity index (χ0v) is 7.67. The number of morpholine rings is 1. The van der Waals surface area contributed by atoms with Crippen molar-refractivity contribution in [3.05, 3.63) is 12.7 Å². The van der Waals surface area contributed by atoms with E-state index in [0.29, 0.717) is 19.7 Å². The summed E-state index contributed by atoms with van der Waals surface area (Å²) in [5.74, 6) is -0.00799. The number of carbonyl (C=O) groups excluding carboxylic acids is 1. The van der Waals surface area contributed by atoms with Crippen LogP contribution in [0.25, 0.3) is 0 Å². The van der Waals surface area contributed by atoms with E-state index in [1.165, 1.54) is 6.08 Å². The van der Waals surface area contributed by atoms with Gasteiger partial charge in [-0.1, -0.05) is 6.58 Å². The van der Waals surface area contributed by atoms with Crippen LogP contribution in [0.15, 0.2) is 12.7 Å². The van der Waals surface area contributed by atoms with Gasteiger partial charge in [0.2, 0.25) is 5.91 Å². The summed E-state index contributed by atoms with van der Waals surface area (Å²) in [5, 5.41) is 0. The van der Waals surface area contributed by atoms with Gasteiger partial charge in [-0.15, -0.1) is 0 Å². The lowest BCUT2D eigenvalue weighted by molar-refractivity contribution is -0.140. The van der Waals surface area contributed by atoms with E-state index in [0.717, 1.165) is 0 Å². The average Bonchev–Trinajstić information content (AvgIpc) is 2.01. The van der Waals surface area contributed by atoms with Crippen molar-refractivity contribution in [2.45, 2.75) is 19.4 Å². The first-order valence-corrected chi connectivity index (χ1v) is 4.10. The number of hydrogen-bond donors (Lipinski definition) is 0. The Hall–Kier alpha value is -0.830. The van der Waals surface area contributed by atoms with E-state index in [4.69, 9.17) is 4.74 Å². The third-order valence-electron chi connectivity index (χ3n) is 1.91. The van der Waals surface area contributed by atoms with Crippen LogP contribution in [0.2, 0.25) is 0 Å². The van der Waals surface area contributed by atoms with Crippen LogP contribution in [-0.4, -0.2) is 36.1 Å². The molecule has 68 valence electrons. The highest BCUT2D eigenvalue weighted by molar-refractivity contribution is 5.87. The second-order valence-electron chi connectivity index (χ2n) is 3.57. The average molecular weight is 169 g/mol. The fourth-order valence-electron chi connectivity index (χ4n) is 1.33. The molecule has 0 unspecified atom stereocenters. The molecule has 1 amide bonds. The van der Waals surface area contributed by atoms with Crippen molar-refractivity contribution in [2.24, 2.45) is 0 Å². The summed E-state index contributed by atoms with van der Waals surface area (Å²) < 4.78 is 5.46. The third kappa shape index (κ3) is 2.08. The van der Waals surface area contributed by atoms with Gasteiger partial charge in [0.15, 0.2) is 0 Å². The Kier molecular flexibility index (Phi) is 2.52. The smallest absolute Gasteiger partial charge is 0.246 e. The molecule has 0 aromatic carbocycles. The topological polar surface area (TPSA) is 29.5 Å². The zero-order chi connectivity index (χ0) is 9.19. The van der Waals surface area contributed by atoms with Crippen LogP contribution >= 0.6 is 0 Å². The van der Waals surface area contributed by atoms with Crippen molar-refractivity contribution >= 4 is 5.91 Å². The molecule has 3 nitrogen and oxygen atoms in total. The van der Waals surface area contributed by atoms with Crippen molar-refractivity contribution in [2.75, 3.05) is 19.7 Å². The third-order valence-corrected chi connectivity index (χ3v) is 1.91. The van der Waals surface area contributed by atoms with E-state index in [1.54, 1.807) is 4.90 Å². The highest BCUT2D eigenvalue weighted by Crippen LogP contribution is 2.16. The minimum Gasteiger partial charge on any atom is -0.372 e. The van der Waals surface area contributed by atoms with Crippen molar-refractivity contribution in [1.82, 2.24) is 4.90 Å². The first kappa shape index (κ1) is 9.26. The van der Waals surface area contributed by atoms with Gasteiger partial charge in [0, 0.05) is 13.1 Å². The van der Waals surface area contributed by atoms with E-state index in [-0.39, 0.29) is 11.5 Å². The molecule has 0 saturated carbocycles. The SMILES string of the molecule is C=CC(=O)N1CCOC(C)(C)C1. The highest BCUT2D eigenvalue weighted by atomic mass is 16.5. The van der Waals surface area contributed by atoms with E-state index in [2.05, 4.69) is 6.58 Å². The van der Waals surface area contributed by atoms with Crippen LogP contribution < -0.4 is 0 Å². The molecular weight excluding hydrogens is 154 g/mol. The van der Waals surface area contributed by atoms with Crippen LogP contribution in [0.4, 0.5) is 0 Å².